The van der Waals surface area contributed by atoms with Gasteiger partial charge in [-0.3, -0.25) is 9.59 Å². The van der Waals surface area contributed by atoms with Crippen molar-refractivity contribution in [3.8, 4) is 5.75 Å². The fourth-order valence-corrected chi connectivity index (χ4v) is 4.10. The molecule has 3 rings (SSSR count). The van der Waals surface area contributed by atoms with Crippen LogP contribution in [-0.2, 0) is 14.8 Å². The summed E-state index contributed by atoms with van der Waals surface area (Å²) in [6, 6.07) is 12.6. The number of benzene rings is 2. The van der Waals surface area contributed by atoms with E-state index in [0.717, 1.165) is 15.7 Å². The third-order valence-electron chi connectivity index (χ3n) is 4.81. The smallest absolute Gasteiger partial charge is 0.251 e. The quantitative estimate of drug-likeness (QED) is 0.722. The van der Waals surface area contributed by atoms with Crippen molar-refractivity contribution in [2.75, 3.05) is 32.1 Å². The number of ether oxygens (including phenoxy) is 1. The minimum Gasteiger partial charge on any atom is -0.494 e. The van der Waals surface area contributed by atoms with E-state index in [0.29, 0.717) is 18.7 Å². The Bertz CT molecular complexity index is 1020. The maximum Gasteiger partial charge on any atom is 0.251 e. The van der Waals surface area contributed by atoms with Crippen LogP contribution in [-0.4, -0.2) is 57.8 Å². The minimum absolute atomic E-state index is 0.0723. The fourth-order valence-electron chi connectivity index (χ4n) is 3.20. The highest BCUT2D eigenvalue weighted by Gasteiger charge is 2.31. The van der Waals surface area contributed by atoms with Crippen molar-refractivity contribution in [2.24, 2.45) is 0 Å². The first-order valence-corrected chi connectivity index (χ1v) is 11.0. The molecule has 1 N–H and O–H groups in total. The van der Waals surface area contributed by atoms with E-state index in [1.807, 2.05) is 19.1 Å². The van der Waals surface area contributed by atoms with Gasteiger partial charge >= 0.3 is 0 Å². The average Bonchev–Trinajstić information content (AvgIpc) is 3.08. The van der Waals surface area contributed by atoms with Gasteiger partial charge in [0, 0.05) is 38.3 Å². The summed E-state index contributed by atoms with van der Waals surface area (Å²) in [6.07, 6.45) is 0.200. The molecule has 0 aromatic heterocycles. The molecule has 0 radical (unpaired) electrons. The molecular formula is C21H25N3O5S. The maximum absolute atomic E-state index is 12.5. The Morgan fingerprint density at radius 3 is 2.33 bits per heavy atom. The van der Waals surface area contributed by atoms with Gasteiger partial charge in [-0.15, -0.1) is 0 Å². The lowest BCUT2D eigenvalue weighted by Gasteiger charge is -2.18. The maximum atomic E-state index is 12.5. The van der Waals surface area contributed by atoms with E-state index in [-0.39, 0.29) is 29.2 Å². The first-order valence-electron chi connectivity index (χ1n) is 9.59. The Balaban J connectivity index is 1.64. The number of nitrogens with zero attached hydrogens (tertiary/aromatic N) is 2. The number of hydrogen-bond donors (Lipinski definition) is 1. The van der Waals surface area contributed by atoms with Gasteiger partial charge in [-0.05, 0) is 55.5 Å². The zero-order valence-electron chi connectivity index (χ0n) is 17.2. The van der Waals surface area contributed by atoms with Gasteiger partial charge in [0.1, 0.15) is 5.75 Å². The van der Waals surface area contributed by atoms with Gasteiger partial charge in [0.15, 0.2) is 0 Å². The molecule has 1 saturated heterocycles. The van der Waals surface area contributed by atoms with Crippen LogP contribution in [0.25, 0.3) is 0 Å². The van der Waals surface area contributed by atoms with E-state index < -0.39 is 10.0 Å². The molecule has 1 aliphatic heterocycles. The van der Waals surface area contributed by atoms with Crippen molar-refractivity contribution in [3.05, 3.63) is 54.1 Å². The number of carbonyl (C=O) groups is 2. The molecule has 2 aromatic carbocycles. The number of nitrogens with one attached hydrogen (secondary N) is 1. The van der Waals surface area contributed by atoms with Gasteiger partial charge in [0.25, 0.3) is 5.91 Å². The third kappa shape index (κ3) is 4.63. The van der Waals surface area contributed by atoms with Crippen LogP contribution < -0.4 is 15.0 Å². The summed E-state index contributed by atoms with van der Waals surface area (Å²) in [7, 11) is -0.657. The summed E-state index contributed by atoms with van der Waals surface area (Å²) in [5.41, 5.74) is 1.08. The first-order chi connectivity index (χ1) is 14.2. The molecule has 1 atom stereocenters. The lowest BCUT2D eigenvalue weighted by Crippen LogP contribution is -2.37. The largest absolute Gasteiger partial charge is 0.494 e. The van der Waals surface area contributed by atoms with Crippen molar-refractivity contribution in [2.45, 2.75) is 24.3 Å². The molecule has 0 saturated carbocycles. The number of rotatable bonds is 7. The molecule has 9 heteroatoms. The van der Waals surface area contributed by atoms with Crippen molar-refractivity contribution in [1.29, 1.82) is 0 Å². The highest BCUT2D eigenvalue weighted by Crippen LogP contribution is 2.24. The minimum atomic E-state index is -3.55. The van der Waals surface area contributed by atoms with Crippen molar-refractivity contribution < 1.29 is 22.7 Å². The number of anilines is 1. The second-order valence-corrected chi connectivity index (χ2v) is 9.27. The lowest BCUT2D eigenvalue weighted by atomic mass is 10.2. The van der Waals surface area contributed by atoms with Crippen LogP contribution in [0.15, 0.2) is 53.4 Å². The van der Waals surface area contributed by atoms with Crippen LogP contribution in [0.5, 0.6) is 5.75 Å². The van der Waals surface area contributed by atoms with E-state index in [9.17, 15) is 18.0 Å². The zero-order valence-corrected chi connectivity index (χ0v) is 18.0. The van der Waals surface area contributed by atoms with Crippen molar-refractivity contribution in [1.82, 2.24) is 9.62 Å². The summed E-state index contributed by atoms with van der Waals surface area (Å²) in [5.74, 6) is 0.310. The Morgan fingerprint density at radius 1 is 1.13 bits per heavy atom. The van der Waals surface area contributed by atoms with Crippen LogP contribution in [0.2, 0.25) is 0 Å². The Hall–Kier alpha value is -2.91. The zero-order chi connectivity index (χ0) is 21.9. The fraction of sp³-hybridized carbons (Fsp3) is 0.333. The van der Waals surface area contributed by atoms with Crippen molar-refractivity contribution >= 4 is 27.5 Å². The summed E-state index contributed by atoms with van der Waals surface area (Å²) in [4.78, 5) is 26.7. The number of hydrogen-bond acceptors (Lipinski definition) is 5. The van der Waals surface area contributed by atoms with Gasteiger partial charge < -0.3 is 15.0 Å². The van der Waals surface area contributed by atoms with E-state index in [1.165, 1.54) is 38.4 Å². The molecule has 1 heterocycles. The monoisotopic (exact) mass is 431 g/mol. The molecule has 2 amide bonds. The van der Waals surface area contributed by atoms with Gasteiger partial charge in [-0.25, -0.2) is 12.7 Å². The summed E-state index contributed by atoms with van der Waals surface area (Å²) < 4.78 is 30.8. The molecule has 160 valence electrons. The van der Waals surface area contributed by atoms with E-state index in [4.69, 9.17) is 4.74 Å². The van der Waals surface area contributed by atoms with E-state index in [2.05, 4.69) is 5.32 Å². The Labute approximate surface area is 176 Å². The molecule has 1 unspecified atom stereocenters. The Morgan fingerprint density at radius 2 is 1.77 bits per heavy atom. The molecule has 1 fully saturated rings. The first kappa shape index (κ1) is 21.8. The molecule has 0 aliphatic carbocycles. The molecule has 8 nitrogen and oxygen atoms in total. The average molecular weight is 432 g/mol. The molecule has 0 spiro atoms. The van der Waals surface area contributed by atoms with Gasteiger partial charge in [-0.2, -0.15) is 0 Å². The van der Waals surface area contributed by atoms with Crippen molar-refractivity contribution in [3.63, 3.8) is 0 Å². The molecular weight excluding hydrogens is 406 g/mol. The number of amides is 2. The van der Waals surface area contributed by atoms with E-state index in [1.54, 1.807) is 17.0 Å². The van der Waals surface area contributed by atoms with Crippen LogP contribution in [0.3, 0.4) is 0 Å². The summed E-state index contributed by atoms with van der Waals surface area (Å²) in [5, 5.41) is 2.85. The predicted octanol–water partition coefficient (Wildman–Crippen LogP) is 1.87. The third-order valence-corrected chi connectivity index (χ3v) is 6.64. The van der Waals surface area contributed by atoms with Gasteiger partial charge in [-0.1, -0.05) is 0 Å². The molecule has 2 aromatic rings. The topological polar surface area (TPSA) is 96.0 Å². The number of sulfonamides is 1. The SMILES string of the molecule is CCOc1ccc(N2CC(NC(=O)c3ccc(S(=O)(=O)N(C)C)cc3)CC2=O)cc1. The molecule has 30 heavy (non-hydrogen) atoms. The molecule has 1 aliphatic rings. The van der Waals surface area contributed by atoms with Crippen LogP contribution in [0, 0.1) is 0 Å². The normalized spacial score (nSPS) is 16.7. The second kappa shape index (κ2) is 8.85. The Kier molecular flexibility index (Phi) is 6.42. The summed E-state index contributed by atoms with van der Waals surface area (Å²) >= 11 is 0. The van der Waals surface area contributed by atoms with Crippen LogP contribution >= 0.6 is 0 Å². The lowest BCUT2D eigenvalue weighted by molar-refractivity contribution is -0.117. The highest BCUT2D eigenvalue weighted by molar-refractivity contribution is 7.89. The predicted molar refractivity (Wildman–Crippen MR) is 113 cm³/mol. The summed E-state index contributed by atoms with van der Waals surface area (Å²) in [6.45, 7) is 2.84. The van der Waals surface area contributed by atoms with Gasteiger partial charge in [0.05, 0.1) is 17.5 Å². The van der Waals surface area contributed by atoms with E-state index >= 15 is 0 Å². The highest BCUT2D eigenvalue weighted by atomic mass is 32.2. The van der Waals surface area contributed by atoms with Gasteiger partial charge in [0.2, 0.25) is 15.9 Å². The second-order valence-electron chi connectivity index (χ2n) is 7.12. The van der Waals surface area contributed by atoms with Crippen LogP contribution in [0.4, 0.5) is 5.69 Å². The standard InChI is InChI=1S/C21H25N3O5S/c1-4-29-18-9-7-17(8-10-18)24-14-16(13-20(24)25)22-21(26)15-5-11-19(12-6-15)30(27,28)23(2)3/h5-12,16H,4,13-14H2,1-3H3,(H,22,26). The molecule has 0 bridgehead atoms. The number of carbonyl (C=O) groups excluding carboxylic acids is 2. The van der Waals surface area contributed by atoms with Crippen LogP contribution in [0.1, 0.15) is 23.7 Å².